The Balaban J connectivity index is 1.54. The number of nitrogens with zero attached hydrogens (tertiary/aromatic N) is 2. The van der Waals surface area contributed by atoms with Crippen LogP contribution < -0.4 is 29.1 Å². The van der Waals surface area contributed by atoms with Crippen LogP contribution in [0.5, 0.6) is 17.2 Å². The highest BCUT2D eigenvalue weighted by Crippen LogP contribution is 2.35. The first-order chi connectivity index (χ1) is 21.2. The lowest BCUT2D eigenvalue weighted by Crippen LogP contribution is -2.39. The van der Waals surface area contributed by atoms with Crippen LogP contribution in [-0.4, -0.2) is 30.9 Å². The van der Waals surface area contributed by atoms with E-state index < -0.39 is 12.0 Å². The number of hydrogen-bond acceptors (Lipinski definition) is 8. The van der Waals surface area contributed by atoms with Crippen molar-refractivity contribution in [2.45, 2.75) is 26.5 Å². The lowest BCUT2D eigenvalue weighted by atomic mass is 9.97. The molecule has 8 nitrogen and oxygen atoms in total. The fourth-order valence-electron chi connectivity index (χ4n) is 4.68. The molecule has 0 amide bonds. The SMILES string of the molecule is CCOc1ccc([C@@H]2C(C(=O)OC)=CN=c3s/c(=C\c4cc(Br)c(OCc5ccc(F)cc5)c(I)c4)c(=O)n32)cc1OCC. The van der Waals surface area contributed by atoms with Gasteiger partial charge in [0.05, 0.1) is 44.5 Å². The maximum Gasteiger partial charge on any atom is 0.337 e. The molecule has 0 fully saturated rings. The minimum atomic E-state index is -0.787. The number of esters is 1. The molecule has 1 aliphatic heterocycles. The van der Waals surface area contributed by atoms with E-state index in [-0.39, 0.29) is 23.6 Å². The summed E-state index contributed by atoms with van der Waals surface area (Å²) in [5.41, 5.74) is 2.17. The summed E-state index contributed by atoms with van der Waals surface area (Å²) in [6.07, 6.45) is 3.23. The van der Waals surface area contributed by atoms with Crippen molar-refractivity contribution < 1.29 is 28.1 Å². The quantitative estimate of drug-likeness (QED) is 0.147. The molecular weight excluding hydrogens is 766 g/mol. The predicted molar refractivity (Wildman–Crippen MR) is 178 cm³/mol. The molecule has 1 atom stereocenters. The number of ether oxygens (including phenoxy) is 4. The molecule has 0 unspecified atom stereocenters. The third-order valence-corrected chi connectivity index (χ3v) is 9.01. The van der Waals surface area contributed by atoms with Crippen molar-refractivity contribution in [3.8, 4) is 17.2 Å². The van der Waals surface area contributed by atoms with E-state index in [0.29, 0.717) is 49.8 Å². The van der Waals surface area contributed by atoms with Gasteiger partial charge in [0.15, 0.2) is 16.3 Å². The Bertz CT molecular complexity index is 1900. The summed E-state index contributed by atoms with van der Waals surface area (Å²) in [6, 6.07) is 14.5. The van der Waals surface area contributed by atoms with Gasteiger partial charge in [0.1, 0.15) is 18.2 Å². The highest BCUT2D eigenvalue weighted by molar-refractivity contribution is 14.1. The van der Waals surface area contributed by atoms with E-state index in [2.05, 4.69) is 43.5 Å². The first kappa shape index (κ1) is 31.9. The number of carbonyl (C=O) groups excluding carboxylic acids is 1. The molecule has 228 valence electrons. The molecule has 3 aromatic carbocycles. The van der Waals surface area contributed by atoms with Gasteiger partial charge in [-0.25, -0.2) is 14.2 Å². The number of halogens is 3. The number of fused-ring (bicyclic) bond motifs is 1. The molecule has 0 spiro atoms. The molecule has 1 aliphatic rings. The normalized spacial score (nSPS) is 14.4. The monoisotopic (exact) mass is 792 g/mol. The number of aromatic nitrogens is 1. The van der Waals surface area contributed by atoms with Crippen molar-refractivity contribution in [3.05, 3.63) is 117 Å². The Kier molecular flexibility index (Phi) is 10.2. The number of hydrogen-bond donors (Lipinski definition) is 0. The van der Waals surface area contributed by atoms with Crippen LogP contribution in [0.25, 0.3) is 6.08 Å². The van der Waals surface area contributed by atoms with Gasteiger partial charge >= 0.3 is 5.97 Å². The summed E-state index contributed by atoms with van der Waals surface area (Å²) in [7, 11) is 1.29. The lowest BCUT2D eigenvalue weighted by Gasteiger charge is -2.23. The van der Waals surface area contributed by atoms with E-state index >= 15 is 0 Å². The number of benzene rings is 3. The zero-order chi connectivity index (χ0) is 31.4. The second kappa shape index (κ2) is 14.1. The lowest BCUT2D eigenvalue weighted by molar-refractivity contribution is -0.136. The van der Waals surface area contributed by atoms with Crippen LogP contribution >= 0.6 is 49.9 Å². The van der Waals surface area contributed by atoms with Gasteiger partial charge in [0, 0.05) is 6.20 Å². The summed E-state index contributed by atoms with van der Waals surface area (Å²) in [5.74, 6) is 0.823. The topological polar surface area (TPSA) is 88.4 Å². The van der Waals surface area contributed by atoms with Gasteiger partial charge in [-0.3, -0.25) is 9.36 Å². The minimum absolute atomic E-state index is 0.220. The van der Waals surface area contributed by atoms with E-state index in [4.69, 9.17) is 18.9 Å². The first-order valence-corrected chi connectivity index (χ1v) is 16.3. The summed E-state index contributed by atoms with van der Waals surface area (Å²) < 4.78 is 39.3. The third-order valence-electron chi connectivity index (χ3n) is 6.62. The molecule has 0 saturated carbocycles. The Hall–Kier alpha value is -3.49. The van der Waals surface area contributed by atoms with E-state index in [1.165, 1.54) is 41.3 Å². The highest BCUT2D eigenvalue weighted by Gasteiger charge is 2.31. The third kappa shape index (κ3) is 6.76. The molecule has 0 bridgehead atoms. The summed E-state index contributed by atoms with van der Waals surface area (Å²) in [4.78, 5) is 31.7. The number of carbonyl (C=O) groups is 1. The van der Waals surface area contributed by atoms with Crippen LogP contribution in [0.1, 0.15) is 36.6 Å². The largest absolute Gasteiger partial charge is 0.490 e. The standard InChI is InChI=1S/C32H27BrFIN2O6S/c1-4-41-25-11-8-20(15-26(25)42-5-2)28-22(31(39)40-3)16-36-32-37(28)30(38)27(44-32)14-19-12-23(33)29(24(35)13-19)43-17-18-6-9-21(34)10-7-18/h6-16,28H,4-5,17H2,1-3H3/b27-14-/t28-/m1/s1. The number of thiazole rings is 1. The molecule has 1 aromatic heterocycles. The van der Waals surface area contributed by atoms with E-state index in [1.807, 2.05) is 32.0 Å². The average Bonchev–Trinajstić information content (AvgIpc) is 3.32. The predicted octanol–water partition coefficient (Wildman–Crippen LogP) is 5.90. The van der Waals surface area contributed by atoms with Gasteiger partial charge in [0.25, 0.3) is 5.56 Å². The average molecular weight is 793 g/mol. The molecule has 0 aliphatic carbocycles. The molecule has 0 radical (unpaired) electrons. The zero-order valence-electron chi connectivity index (χ0n) is 23.9. The highest BCUT2D eigenvalue weighted by atomic mass is 127. The second-order valence-electron chi connectivity index (χ2n) is 9.48. The van der Waals surface area contributed by atoms with Crippen LogP contribution in [0.15, 0.2) is 80.6 Å². The minimum Gasteiger partial charge on any atom is -0.490 e. The molecule has 0 saturated heterocycles. The Morgan fingerprint density at radius 3 is 2.48 bits per heavy atom. The number of methoxy groups -OCH3 is 1. The fraction of sp³-hybridized carbons (Fsp3) is 0.219. The van der Waals surface area contributed by atoms with Gasteiger partial charge < -0.3 is 18.9 Å². The van der Waals surface area contributed by atoms with Crippen LogP contribution in [0.4, 0.5) is 4.39 Å². The molecule has 4 aromatic rings. The van der Waals surface area contributed by atoms with Crippen molar-refractivity contribution in [1.82, 2.24) is 4.57 Å². The van der Waals surface area contributed by atoms with Gasteiger partial charge in [-0.05, 0) is 112 Å². The van der Waals surface area contributed by atoms with Crippen LogP contribution in [0.3, 0.4) is 0 Å². The zero-order valence-corrected chi connectivity index (χ0v) is 28.5. The van der Waals surface area contributed by atoms with Gasteiger partial charge in [0.2, 0.25) is 0 Å². The molecular formula is C32H27BrFIN2O6S. The first-order valence-electron chi connectivity index (χ1n) is 13.6. The Morgan fingerprint density at radius 2 is 1.80 bits per heavy atom. The fourth-order valence-corrected chi connectivity index (χ4v) is 7.41. The molecule has 5 rings (SSSR count). The summed E-state index contributed by atoms with van der Waals surface area (Å²) in [5, 5.41) is 0. The molecule has 0 N–H and O–H groups in total. The Labute approximate surface area is 278 Å². The van der Waals surface area contributed by atoms with E-state index in [1.54, 1.807) is 30.3 Å². The number of rotatable bonds is 10. The van der Waals surface area contributed by atoms with Crippen LogP contribution in [0.2, 0.25) is 0 Å². The summed E-state index contributed by atoms with van der Waals surface area (Å²) >= 11 is 6.99. The van der Waals surface area contributed by atoms with Crippen molar-refractivity contribution in [1.29, 1.82) is 0 Å². The van der Waals surface area contributed by atoms with Crippen molar-refractivity contribution in [2.75, 3.05) is 20.3 Å². The smallest absolute Gasteiger partial charge is 0.337 e. The van der Waals surface area contributed by atoms with Crippen LogP contribution in [0, 0.1) is 9.39 Å². The van der Waals surface area contributed by atoms with Crippen molar-refractivity contribution in [2.24, 2.45) is 4.99 Å². The molecule has 44 heavy (non-hydrogen) atoms. The van der Waals surface area contributed by atoms with Gasteiger partial charge in [-0.15, -0.1) is 0 Å². The van der Waals surface area contributed by atoms with Crippen LogP contribution in [-0.2, 0) is 16.1 Å². The molecule has 12 heteroatoms. The molecule has 2 heterocycles. The van der Waals surface area contributed by atoms with E-state index in [0.717, 1.165) is 14.7 Å². The summed E-state index contributed by atoms with van der Waals surface area (Å²) in [6.45, 7) is 4.89. The van der Waals surface area contributed by atoms with Crippen molar-refractivity contribution >= 4 is 61.9 Å². The van der Waals surface area contributed by atoms with Crippen molar-refractivity contribution in [3.63, 3.8) is 0 Å². The van der Waals surface area contributed by atoms with Gasteiger partial charge in [-0.1, -0.05) is 29.5 Å². The van der Waals surface area contributed by atoms with E-state index in [9.17, 15) is 14.0 Å². The second-order valence-corrected chi connectivity index (χ2v) is 12.5. The Morgan fingerprint density at radius 1 is 1.07 bits per heavy atom. The maximum atomic E-state index is 13.9. The van der Waals surface area contributed by atoms with Gasteiger partial charge in [-0.2, -0.15) is 0 Å². The maximum absolute atomic E-state index is 13.9.